The average molecular weight is 345 g/mol. The second kappa shape index (κ2) is 6.71. The summed E-state index contributed by atoms with van der Waals surface area (Å²) in [6.07, 6.45) is 2.09. The molecule has 2 heterocycles. The second-order valence-electron chi connectivity index (χ2n) is 6.86. The number of aryl methyl sites for hydroxylation is 2. The summed E-state index contributed by atoms with van der Waals surface area (Å²) in [5, 5.41) is 3.08. The Morgan fingerprint density at radius 1 is 0.962 bits per heavy atom. The predicted octanol–water partition coefficient (Wildman–Crippen LogP) is 4.74. The highest BCUT2D eigenvalue weighted by Gasteiger charge is 2.32. The molecule has 0 saturated heterocycles. The van der Waals surface area contributed by atoms with Crippen LogP contribution in [0.1, 0.15) is 28.4 Å². The van der Waals surface area contributed by atoms with Gasteiger partial charge in [-0.05, 0) is 54.8 Å². The first-order valence-electron chi connectivity index (χ1n) is 8.98. The minimum Gasteiger partial charge on any atom is -0.348 e. The molecule has 3 aromatic rings. The van der Waals surface area contributed by atoms with Crippen molar-refractivity contribution in [1.82, 2.24) is 9.47 Å². The number of rotatable bonds is 2. The van der Waals surface area contributed by atoms with Crippen LogP contribution < -0.4 is 5.32 Å². The van der Waals surface area contributed by atoms with E-state index in [1.807, 2.05) is 41.3 Å². The maximum atomic E-state index is 13.1. The molecule has 0 bridgehead atoms. The van der Waals surface area contributed by atoms with Crippen LogP contribution in [0.5, 0.6) is 0 Å². The average Bonchev–Trinajstić information content (AvgIpc) is 3.13. The van der Waals surface area contributed by atoms with Crippen LogP contribution in [0.4, 0.5) is 10.5 Å². The molecule has 1 N–H and O–H groups in total. The number of carbonyl (C=O) groups is 1. The molecule has 4 heteroatoms. The monoisotopic (exact) mass is 345 g/mol. The van der Waals surface area contributed by atoms with Crippen LogP contribution in [-0.2, 0) is 6.54 Å². The van der Waals surface area contributed by atoms with E-state index in [4.69, 9.17) is 0 Å². The van der Waals surface area contributed by atoms with Crippen molar-refractivity contribution in [2.45, 2.75) is 26.4 Å². The summed E-state index contributed by atoms with van der Waals surface area (Å²) in [6, 6.07) is 20.3. The Labute approximate surface area is 154 Å². The molecular weight excluding hydrogens is 322 g/mol. The van der Waals surface area contributed by atoms with Crippen LogP contribution in [0.3, 0.4) is 0 Å². The number of fused-ring (bicyclic) bond motifs is 1. The number of hydrogen-bond donors (Lipinski definition) is 1. The Morgan fingerprint density at radius 2 is 1.77 bits per heavy atom. The van der Waals surface area contributed by atoms with Crippen LogP contribution in [0, 0.1) is 13.8 Å². The number of nitrogens with one attached hydrogen (secondary N) is 1. The molecule has 0 radical (unpaired) electrons. The second-order valence-corrected chi connectivity index (χ2v) is 6.86. The van der Waals surface area contributed by atoms with Gasteiger partial charge < -0.3 is 14.8 Å². The van der Waals surface area contributed by atoms with Crippen molar-refractivity contribution in [2.75, 3.05) is 11.9 Å². The number of aromatic nitrogens is 1. The first-order valence-corrected chi connectivity index (χ1v) is 8.98. The number of anilines is 1. The zero-order chi connectivity index (χ0) is 18.1. The number of hydrogen-bond acceptors (Lipinski definition) is 1. The highest BCUT2D eigenvalue weighted by molar-refractivity contribution is 5.90. The normalized spacial score (nSPS) is 16.2. The fourth-order valence-corrected chi connectivity index (χ4v) is 3.60. The number of nitrogens with zero attached hydrogens (tertiary/aromatic N) is 2. The molecule has 2 aromatic carbocycles. The fraction of sp³-hybridized carbons (Fsp3) is 0.227. The van der Waals surface area contributed by atoms with Crippen LogP contribution in [0.15, 0.2) is 66.9 Å². The summed E-state index contributed by atoms with van der Waals surface area (Å²) >= 11 is 0. The quantitative estimate of drug-likeness (QED) is 0.715. The van der Waals surface area contributed by atoms with Gasteiger partial charge in [0, 0.05) is 30.7 Å². The van der Waals surface area contributed by atoms with Crippen molar-refractivity contribution in [2.24, 2.45) is 0 Å². The third kappa shape index (κ3) is 2.99. The molecular formula is C22H23N3O. The van der Waals surface area contributed by atoms with E-state index in [0.29, 0.717) is 6.54 Å². The van der Waals surface area contributed by atoms with Gasteiger partial charge in [-0.3, -0.25) is 0 Å². The van der Waals surface area contributed by atoms with Crippen LogP contribution >= 0.6 is 0 Å². The molecule has 0 fully saturated rings. The molecule has 2 amide bonds. The van der Waals surface area contributed by atoms with E-state index in [9.17, 15) is 4.79 Å². The number of carbonyl (C=O) groups excluding carboxylic acids is 1. The minimum atomic E-state index is -0.0773. The van der Waals surface area contributed by atoms with Crippen molar-refractivity contribution in [3.8, 4) is 0 Å². The summed E-state index contributed by atoms with van der Waals surface area (Å²) in [5.41, 5.74) is 5.52. The Bertz CT molecular complexity index is 930. The molecule has 0 spiro atoms. The predicted molar refractivity (Wildman–Crippen MR) is 104 cm³/mol. The Balaban J connectivity index is 1.65. The maximum absolute atomic E-state index is 13.1. The standard InChI is InChI=1S/C22H23N3O/c1-16-10-11-19(15-17(16)2)23-22(26)25-14-13-24-12-6-9-20(24)21(25)18-7-4-3-5-8-18/h3-12,15,21H,13-14H2,1-2H3,(H,23,26). The van der Waals surface area contributed by atoms with Gasteiger partial charge in [0.15, 0.2) is 0 Å². The summed E-state index contributed by atoms with van der Waals surface area (Å²) < 4.78 is 2.23. The van der Waals surface area contributed by atoms with E-state index in [0.717, 1.165) is 23.5 Å². The molecule has 1 aromatic heterocycles. The van der Waals surface area contributed by atoms with Crippen molar-refractivity contribution in [3.05, 3.63) is 89.2 Å². The lowest BCUT2D eigenvalue weighted by Crippen LogP contribution is -2.44. The van der Waals surface area contributed by atoms with Gasteiger partial charge in [-0.1, -0.05) is 36.4 Å². The molecule has 132 valence electrons. The van der Waals surface area contributed by atoms with Gasteiger partial charge in [0.05, 0.1) is 6.04 Å². The zero-order valence-corrected chi connectivity index (χ0v) is 15.1. The Hall–Kier alpha value is -3.01. The highest BCUT2D eigenvalue weighted by Crippen LogP contribution is 2.32. The van der Waals surface area contributed by atoms with Gasteiger partial charge in [0.2, 0.25) is 0 Å². The molecule has 4 nitrogen and oxygen atoms in total. The van der Waals surface area contributed by atoms with E-state index >= 15 is 0 Å². The molecule has 1 unspecified atom stereocenters. The van der Waals surface area contributed by atoms with Gasteiger partial charge in [-0.2, -0.15) is 0 Å². The van der Waals surface area contributed by atoms with E-state index in [2.05, 4.69) is 54.2 Å². The first kappa shape index (κ1) is 16.5. The number of benzene rings is 2. The lowest BCUT2D eigenvalue weighted by Gasteiger charge is -2.37. The lowest BCUT2D eigenvalue weighted by molar-refractivity contribution is 0.182. The molecule has 0 aliphatic carbocycles. The van der Waals surface area contributed by atoms with E-state index in [1.54, 1.807) is 0 Å². The number of urea groups is 1. The van der Waals surface area contributed by atoms with E-state index < -0.39 is 0 Å². The van der Waals surface area contributed by atoms with Gasteiger partial charge in [0.1, 0.15) is 0 Å². The molecule has 4 rings (SSSR count). The first-order chi connectivity index (χ1) is 12.6. The molecule has 1 aliphatic rings. The van der Waals surface area contributed by atoms with Crippen molar-refractivity contribution in [3.63, 3.8) is 0 Å². The fourth-order valence-electron chi connectivity index (χ4n) is 3.60. The third-order valence-corrected chi connectivity index (χ3v) is 5.17. The topological polar surface area (TPSA) is 37.3 Å². The third-order valence-electron chi connectivity index (χ3n) is 5.17. The Morgan fingerprint density at radius 3 is 2.54 bits per heavy atom. The molecule has 1 atom stereocenters. The molecule has 0 saturated carbocycles. The summed E-state index contributed by atoms with van der Waals surface area (Å²) in [7, 11) is 0. The van der Waals surface area contributed by atoms with Crippen LogP contribution in [0.25, 0.3) is 0 Å². The lowest BCUT2D eigenvalue weighted by atomic mass is 10.0. The summed E-state index contributed by atoms with van der Waals surface area (Å²) in [6.45, 7) is 5.63. The summed E-state index contributed by atoms with van der Waals surface area (Å²) in [5.74, 6) is 0. The van der Waals surface area contributed by atoms with Crippen molar-refractivity contribution in [1.29, 1.82) is 0 Å². The molecule has 26 heavy (non-hydrogen) atoms. The molecule has 1 aliphatic heterocycles. The SMILES string of the molecule is Cc1ccc(NC(=O)N2CCn3cccc3C2c2ccccc2)cc1C. The van der Waals surface area contributed by atoms with Crippen molar-refractivity contribution < 1.29 is 4.79 Å². The van der Waals surface area contributed by atoms with E-state index in [1.165, 1.54) is 11.1 Å². The van der Waals surface area contributed by atoms with Crippen LogP contribution in [-0.4, -0.2) is 22.0 Å². The minimum absolute atomic E-state index is 0.0606. The van der Waals surface area contributed by atoms with Gasteiger partial charge >= 0.3 is 6.03 Å². The van der Waals surface area contributed by atoms with Crippen LogP contribution in [0.2, 0.25) is 0 Å². The highest BCUT2D eigenvalue weighted by atomic mass is 16.2. The van der Waals surface area contributed by atoms with Gasteiger partial charge in [-0.15, -0.1) is 0 Å². The van der Waals surface area contributed by atoms with Gasteiger partial charge in [-0.25, -0.2) is 4.79 Å². The zero-order valence-electron chi connectivity index (χ0n) is 15.1. The number of amides is 2. The summed E-state index contributed by atoms with van der Waals surface area (Å²) in [4.78, 5) is 15.0. The Kier molecular flexibility index (Phi) is 4.25. The van der Waals surface area contributed by atoms with Gasteiger partial charge in [0.25, 0.3) is 0 Å². The van der Waals surface area contributed by atoms with E-state index in [-0.39, 0.29) is 12.1 Å². The van der Waals surface area contributed by atoms with Crippen molar-refractivity contribution >= 4 is 11.7 Å². The maximum Gasteiger partial charge on any atom is 0.322 e. The largest absolute Gasteiger partial charge is 0.348 e. The smallest absolute Gasteiger partial charge is 0.322 e.